The van der Waals surface area contributed by atoms with Gasteiger partial charge in [0, 0.05) is 30.3 Å². The van der Waals surface area contributed by atoms with Gasteiger partial charge in [0.15, 0.2) is 0 Å². The molecular formula is C21H29ClN4O. The van der Waals surface area contributed by atoms with Gasteiger partial charge in [0.05, 0.1) is 12.7 Å². The zero-order chi connectivity index (χ0) is 17.9. The highest BCUT2D eigenvalue weighted by Gasteiger charge is 2.40. The van der Waals surface area contributed by atoms with Crippen molar-refractivity contribution in [2.75, 3.05) is 0 Å². The van der Waals surface area contributed by atoms with E-state index >= 15 is 0 Å². The molecule has 0 saturated heterocycles. The first-order valence-electron chi connectivity index (χ1n) is 9.77. The number of nitrogens with two attached hydrogens (primary N) is 1. The topological polar surface area (TPSA) is 72.9 Å². The van der Waals surface area contributed by atoms with Crippen molar-refractivity contribution in [2.24, 2.45) is 23.5 Å². The van der Waals surface area contributed by atoms with Crippen molar-refractivity contribution in [3.05, 3.63) is 53.9 Å². The van der Waals surface area contributed by atoms with Crippen molar-refractivity contribution in [3.63, 3.8) is 0 Å². The Kier molecular flexibility index (Phi) is 6.55. The van der Waals surface area contributed by atoms with Gasteiger partial charge in [0.1, 0.15) is 0 Å². The van der Waals surface area contributed by atoms with Gasteiger partial charge in [-0.1, -0.05) is 36.8 Å². The Morgan fingerprint density at radius 3 is 2.56 bits per heavy atom. The first-order chi connectivity index (χ1) is 12.7. The highest BCUT2D eigenvalue weighted by molar-refractivity contribution is 5.85. The number of nitrogens with zero attached hydrogens (tertiary/aromatic N) is 2. The number of hydrogen-bond acceptors (Lipinski definition) is 3. The molecule has 3 N–H and O–H groups in total. The van der Waals surface area contributed by atoms with Crippen LogP contribution in [0, 0.1) is 17.8 Å². The molecule has 0 aliphatic heterocycles. The van der Waals surface area contributed by atoms with Crippen molar-refractivity contribution in [1.29, 1.82) is 0 Å². The second-order valence-corrected chi connectivity index (χ2v) is 7.95. The molecule has 2 atom stereocenters. The van der Waals surface area contributed by atoms with E-state index < -0.39 is 0 Å². The summed E-state index contributed by atoms with van der Waals surface area (Å²) in [5.74, 6) is 1.38. The van der Waals surface area contributed by atoms with E-state index in [4.69, 9.17) is 5.73 Å². The fraction of sp³-hybridized carbons (Fsp3) is 0.524. The molecule has 2 aromatic rings. The number of benzene rings is 1. The highest BCUT2D eigenvalue weighted by atomic mass is 35.5. The minimum absolute atomic E-state index is 0. The number of nitrogens with one attached hydrogen (secondary N) is 1. The average Bonchev–Trinajstić information content (AvgIpc) is 3.08. The van der Waals surface area contributed by atoms with Gasteiger partial charge in [-0.05, 0) is 43.1 Å². The highest BCUT2D eigenvalue weighted by Crippen LogP contribution is 2.41. The predicted molar refractivity (Wildman–Crippen MR) is 108 cm³/mol. The van der Waals surface area contributed by atoms with Crippen LogP contribution in [0.3, 0.4) is 0 Å². The molecule has 2 unspecified atom stereocenters. The Morgan fingerprint density at radius 2 is 1.85 bits per heavy atom. The summed E-state index contributed by atoms with van der Waals surface area (Å²) in [7, 11) is 0. The van der Waals surface area contributed by atoms with E-state index in [1.807, 2.05) is 35.3 Å². The summed E-state index contributed by atoms with van der Waals surface area (Å²) in [6.07, 6.45) is 9.42. The fourth-order valence-corrected chi connectivity index (χ4v) is 4.69. The molecule has 1 heterocycles. The number of halogens is 1. The third kappa shape index (κ3) is 4.71. The average molecular weight is 389 g/mol. The van der Waals surface area contributed by atoms with Crippen LogP contribution in [0.1, 0.15) is 43.2 Å². The van der Waals surface area contributed by atoms with Crippen molar-refractivity contribution in [1.82, 2.24) is 15.1 Å². The second kappa shape index (κ2) is 8.89. The first-order valence-corrected chi connectivity index (χ1v) is 9.77. The third-order valence-electron chi connectivity index (χ3n) is 6.12. The summed E-state index contributed by atoms with van der Waals surface area (Å²) in [6.45, 7) is 1.30. The van der Waals surface area contributed by atoms with Crippen LogP contribution in [0.4, 0.5) is 0 Å². The Morgan fingerprint density at radius 1 is 1.15 bits per heavy atom. The Hall–Kier alpha value is -1.85. The molecule has 0 spiro atoms. The van der Waals surface area contributed by atoms with Crippen LogP contribution < -0.4 is 11.1 Å². The maximum atomic E-state index is 12.6. The van der Waals surface area contributed by atoms with Crippen molar-refractivity contribution in [3.8, 4) is 0 Å². The molecule has 2 aliphatic rings. The summed E-state index contributed by atoms with van der Waals surface area (Å²) < 4.78 is 1.92. The van der Waals surface area contributed by atoms with E-state index in [1.165, 1.54) is 24.8 Å². The van der Waals surface area contributed by atoms with Gasteiger partial charge in [-0.3, -0.25) is 9.48 Å². The van der Waals surface area contributed by atoms with E-state index in [9.17, 15) is 4.79 Å². The fourth-order valence-electron chi connectivity index (χ4n) is 4.69. The Balaban J connectivity index is 0.00000210. The molecular weight excluding hydrogens is 360 g/mol. The lowest BCUT2D eigenvalue weighted by Crippen LogP contribution is -2.49. The smallest absolute Gasteiger partial charge is 0.223 e. The molecule has 2 bridgehead atoms. The molecule has 146 valence electrons. The van der Waals surface area contributed by atoms with Gasteiger partial charge in [-0.15, -0.1) is 12.4 Å². The molecule has 2 saturated carbocycles. The summed E-state index contributed by atoms with van der Waals surface area (Å²) in [4.78, 5) is 12.6. The molecule has 4 rings (SSSR count). The van der Waals surface area contributed by atoms with Gasteiger partial charge >= 0.3 is 0 Å². The lowest BCUT2D eigenvalue weighted by Gasteiger charge is -2.43. The molecule has 5 nitrogen and oxygen atoms in total. The Bertz CT molecular complexity index is 734. The molecule has 2 aliphatic carbocycles. The van der Waals surface area contributed by atoms with Crippen LogP contribution in [-0.2, 0) is 17.9 Å². The third-order valence-corrected chi connectivity index (χ3v) is 6.12. The number of rotatable bonds is 5. The summed E-state index contributed by atoms with van der Waals surface area (Å²) in [6, 6.07) is 10.6. The van der Waals surface area contributed by atoms with Crippen LogP contribution in [0.15, 0.2) is 42.7 Å². The molecule has 0 radical (unpaired) electrons. The van der Waals surface area contributed by atoms with Crippen LogP contribution in [0.5, 0.6) is 0 Å². The lowest BCUT2D eigenvalue weighted by atomic mass is 9.65. The number of fused-ring (bicyclic) bond motifs is 2. The zero-order valence-electron chi connectivity index (χ0n) is 15.6. The monoisotopic (exact) mass is 388 g/mol. The van der Waals surface area contributed by atoms with Crippen molar-refractivity contribution in [2.45, 2.75) is 51.2 Å². The van der Waals surface area contributed by atoms with E-state index in [1.54, 1.807) is 0 Å². The largest absolute Gasteiger partial charge is 0.352 e. The molecule has 1 amide bonds. The number of aromatic nitrogens is 2. The van der Waals surface area contributed by atoms with Crippen LogP contribution in [-0.4, -0.2) is 21.7 Å². The zero-order valence-corrected chi connectivity index (χ0v) is 16.4. The SMILES string of the molecule is Cl.NC1C2CCCC1CC(C(=O)NCc1cnn(Cc3ccccc3)c1)C2. The Labute approximate surface area is 167 Å². The van der Waals surface area contributed by atoms with E-state index in [0.29, 0.717) is 24.4 Å². The number of carbonyl (C=O) groups excluding carboxylic acids is 1. The minimum atomic E-state index is 0. The predicted octanol–water partition coefficient (Wildman–Crippen LogP) is 3.12. The van der Waals surface area contributed by atoms with Crippen molar-refractivity contribution < 1.29 is 4.79 Å². The van der Waals surface area contributed by atoms with Crippen LogP contribution >= 0.6 is 12.4 Å². The van der Waals surface area contributed by atoms with E-state index in [2.05, 4.69) is 22.5 Å². The number of amides is 1. The molecule has 6 heteroatoms. The van der Waals surface area contributed by atoms with Crippen LogP contribution in [0.2, 0.25) is 0 Å². The second-order valence-electron chi connectivity index (χ2n) is 7.95. The molecule has 27 heavy (non-hydrogen) atoms. The van der Waals surface area contributed by atoms with Crippen molar-refractivity contribution >= 4 is 18.3 Å². The summed E-state index contributed by atoms with van der Waals surface area (Å²) in [5, 5.41) is 7.52. The first kappa shape index (κ1) is 19.9. The maximum Gasteiger partial charge on any atom is 0.223 e. The number of carbonyl (C=O) groups is 1. The standard InChI is InChI=1S/C21H28N4O.ClH/c22-20-17-7-4-8-18(20)10-19(9-17)21(26)23-11-16-12-24-25(14-16)13-15-5-2-1-3-6-15;/h1-3,5-6,12,14,17-20H,4,7-11,13,22H2,(H,23,26);1H. The quantitative estimate of drug-likeness (QED) is 0.826. The van der Waals surface area contributed by atoms with Gasteiger partial charge in [-0.2, -0.15) is 5.10 Å². The number of hydrogen-bond donors (Lipinski definition) is 2. The normalized spacial score (nSPS) is 26.9. The van der Waals surface area contributed by atoms with Gasteiger partial charge in [0.25, 0.3) is 0 Å². The summed E-state index contributed by atoms with van der Waals surface area (Å²) >= 11 is 0. The minimum Gasteiger partial charge on any atom is -0.352 e. The van der Waals surface area contributed by atoms with Gasteiger partial charge in [-0.25, -0.2) is 0 Å². The maximum absolute atomic E-state index is 12.6. The van der Waals surface area contributed by atoms with Gasteiger partial charge < -0.3 is 11.1 Å². The van der Waals surface area contributed by atoms with Crippen LogP contribution in [0.25, 0.3) is 0 Å². The molecule has 2 fully saturated rings. The van der Waals surface area contributed by atoms with E-state index in [0.717, 1.165) is 24.9 Å². The summed E-state index contributed by atoms with van der Waals surface area (Å²) in [5.41, 5.74) is 8.60. The van der Waals surface area contributed by atoms with Gasteiger partial charge in [0.2, 0.25) is 5.91 Å². The van der Waals surface area contributed by atoms with E-state index in [-0.39, 0.29) is 24.2 Å². The molecule has 1 aromatic carbocycles. The molecule has 1 aromatic heterocycles. The lowest BCUT2D eigenvalue weighted by molar-refractivity contribution is -0.128.